The Labute approximate surface area is 136 Å². The van der Waals surface area contributed by atoms with E-state index < -0.39 is 0 Å². The van der Waals surface area contributed by atoms with Crippen molar-refractivity contribution in [2.75, 3.05) is 6.54 Å². The summed E-state index contributed by atoms with van der Waals surface area (Å²) in [5.41, 5.74) is 1.43. The lowest BCUT2D eigenvalue weighted by Gasteiger charge is -2.29. The fraction of sp³-hybridized carbons (Fsp3) is 0.900. The fourth-order valence-corrected chi connectivity index (χ4v) is 5.94. The number of fused-ring (bicyclic) bond motifs is 1. The molecule has 4 rings (SSSR count). The quantitative estimate of drug-likeness (QED) is 0.779. The van der Waals surface area contributed by atoms with Crippen LogP contribution in [0.25, 0.3) is 0 Å². The minimum Gasteiger partial charge on any atom is -0.371 e. The Morgan fingerprint density at radius 2 is 1.82 bits per heavy atom. The van der Waals surface area contributed by atoms with Crippen molar-refractivity contribution in [1.29, 1.82) is 0 Å². The molecule has 0 radical (unpaired) electrons. The van der Waals surface area contributed by atoms with Gasteiger partial charge >= 0.3 is 0 Å². The first-order valence-corrected chi connectivity index (χ1v) is 9.70. The Balaban J connectivity index is 1.47. The Kier molecular flexibility index (Phi) is 3.60. The lowest BCUT2D eigenvalue weighted by Crippen LogP contribution is -2.32. The van der Waals surface area contributed by atoms with Gasteiger partial charge in [0.05, 0.1) is 6.04 Å². The van der Waals surface area contributed by atoms with Gasteiger partial charge < -0.3 is 10.2 Å². The molecule has 6 atom stereocenters. The van der Waals surface area contributed by atoms with Crippen molar-refractivity contribution in [2.24, 2.45) is 35.5 Å². The van der Waals surface area contributed by atoms with Crippen LogP contribution in [0, 0.1) is 35.5 Å². The SMILES string of the molecule is C=C([C@@H]1N[C@H]1C1CC1)N1CCC2C(C(C)C)C(C(C)C)CC21. The van der Waals surface area contributed by atoms with Crippen molar-refractivity contribution >= 4 is 0 Å². The van der Waals surface area contributed by atoms with E-state index in [9.17, 15) is 0 Å². The van der Waals surface area contributed by atoms with Gasteiger partial charge in [-0.15, -0.1) is 0 Å². The number of rotatable bonds is 5. The molecule has 0 amide bonds. The van der Waals surface area contributed by atoms with Gasteiger partial charge in [-0.25, -0.2) is 0 Å². The van der Waals surface area contributed by atoms with Gasteiger partial charge in [0, 0.05) is 24.3 Å². The maximum Gasteiger partial charge on any atom is 0.0627 e. The van der Waals surface area contributed by atoms with Crippen molar-refractivity contribution in [3.05, 3.63) is 12.3 Å². The lowest BCUT2D eigenvalue weighted by atomic mass is 9.75. The molecule has 2 aliphatic heterocycles. The number of nitrogens with one attached hydrogen (secondary N) is 1. The minimum absolute atomic E-state index is 0.613. The Morgan fingerprint density at radius 1 is 1.09 bits per heavy atom. The fourth-order valence-electron chi connectivity index (χ4n) is 5.94. The maximum atomic E-state index is 4.52. The Bertz CT molecular complexity index is 451. The van der Waals surface area contributed by atoms with Crippen molar-refractivity contribution in [3.8, 4) is 0 Å². The monoisotopic (exact) mass is 302 g/mol. The van der Waals surface area contributed by atoms with E-state index in [1.807, 2.05) is 0 Å². The van der Waals surface area contributed by atoms with Gasteiger partial charge in [0.15, 0.2) is 0 Å². The van der Waals surface area contributed by atoms with Gasteiger partial charge in [-0.2, -0.15) is 0 Å². The van der Waals surface area contributed by atoms with E-state index in [1.54, 1.807) is 0 Å². The average Bonchev–Trinajstić information content (AvgIpc) is 3.32. The molecule has 124 valence electrons. The van der Waals surface area contributed by atoms with Gasteiger partial charge in [-0.3, -0.25) is 0 Å². The van der Waals surface area contributed by atoms with Crippen molar-refractivity contribution < 1.29 is 0 Å². The highest BCUT2D eigenvalue weighted by atomic mass is 15.3. The molecule has 4 fully saturated rings. The Hall–Kier alpha value is -0.500. The second kappa shape index (κ2) is 5.26. The highest BCUT2D eigenvalue weighted by Crippen LogP contribution is 2.53. The van der Waals surface area contributed by atoms with Gasteiger partial charge in [-0.05, 0) is 61.2 Å². The van der Waals surface area contributed by atoms with Gasteiger partial charge in [0.2, 0.25) is 0 Å². The average molecular weight is 303 g/mol. The lowest BCUT2D eigenvalue weighted by molar-refractivity contribution is 0.189. The second-order valence-corrected chi connectivity index (χ2v) is 9.18. The standard InChI is InChI=1S/C20H34N2/c1-11(2)16-10-17-15(18(16)12(3)4)8-9-22(17)13(5)19-20(21-19)14-6-7-14/h11-12,14-21H,5-10H2,1-4H3/t15?,16?,17?,18?,19-,20-/m0/s1. The molecule has 0 bridgehead atoms. The van der Waals surface area contributed by atoms with E-state index in [0.29, 0.717) is 6.04 Å². The van der Waals surface area contributed by atoms with Crippen LogP contribution in [0.5, 0.6) is 0 Å². The normalized spacial score (nSPS) is 44.0. The summed E-state index contributed by atoms with van der Waals surface area (Å²) in [5, 5.41) is 3.71. The minimum atomic E-state index is 0.613. The zero-order chi connectivity index (χ0) is 15.6. The third-order valence-corrected chi connectivity index (χ3v) is 7.21. The number of likely N-dealkylation sites (tertiary alicyclic amines) is 1. The molecule has 4 unspecified atom stereocenters. The van der Waals surface area contributed by atoms with E-state index in [4.69, 9.17) is 0 Å². The van der Waals surface area contributed by atoms with Crippen LogP contribution in [-0.2, 0) is 0 Å². The van der Waals surface area contributed by atoms with Crippen molar-refractivity contribution in [2.45, 2.75) is 71.5 Å². The first kappa shape index (κ1) is 15.1. The summed E-state index contributed by atoms with van der Waals surface area (Å²) in [6.07, 6.45) is 5.69. The van der Waals surface area contributed by atoms with Gasteiger partial charge in [0.1, 0.15) is 0 Å². The second-order valence-electron chi connectivity index (χ2n) is 9.18. The van der Waals surface area contributed by atoms with E-state index in [2.05, 4.69) is 44.5 Å². The van der Waals surface area contributed by atoms with E-state index >= 15 is 0 Å². The maximum absolute atomic E-state index is 4.52. The first-order valence-electron chi connectivity index (χ1n) is 9.70. The Morgan fingerprint density at radius 3 is 2.41 bits per heavy atom. The highest BCUT2D eigenvalue weighted by molar-refractivity contribution is 5.25. The highest BCUT2D eigenvalue weighted by Gasteiger charge is 2.54. The predicted octanol–water partition coefficient (Wildman–Crippen LogP) is 3.89. The number of hydrogen-bond acceptors (Lipinski definition) is 2. The summed E-state index contributed by atoms with van der Waals surface area (Å²) < 4.78 is 0. The van der Waals surface area contributed by atoms with E-state index in [1.165, 1.54) is 37.9 Å². The molecule has 0 aromatic carbocycles. The third-order valence-electron chi connectivity index (χ3n) is 7.21. The number of hydrogen-bond donors (Lipinski definition) is 1. The molecule has 2 aliphatic carbocycles. The molecule has 2 nitrogen and oxygen atoms in total. The van der Waals surface area contributed by atoms with Gasteiger partial charge in [0.25, 0.3) is 0 Å². The number of nitrogens with zero attached hydrogens (tertiary/aromatic N) is 1. The van der Waals surface area contributed by atoms with E-state index in [-0.39, 0.29) is 0 Å². The molecule has 4 aliphatic rings. The molecule has 2 saturated carbocycles. The van der Waals surface area contributed by atoms with Crippen LogP contribution in [0.4, 0.5) is 0 Å². The molecule has 2 heteroatoms. The van der Waals surface area contributed by atoms with Crippen LogP contribution in [-0.4, -0.2) is 29.6 Å². The molecule has 22 heavy (non-hydrogen) atoms. The summed E-state index contributed by atoms with van der Waals surface area (Å²) >= 11 is 0. The summed E-state index contributed by atoms with van der Waals surface area (Å²) in [7, 11) is 0. The third kappa shape index (κ3) is 2.33. The predicted molar refractivity (Wildman–Crippen MR) is 92.4 cm³/mol. The zero-order valence-corrected chi connectivity index (χ0v) is 14.9. The molecule has 1 N–H and O–H groups in total. The summed E-state index contributed by atoms with van der Waals surface area (Å²) in [6, 6.07) is 2.17. The van der Waals surface area contributed by atoms with Crippen molar-refractivity contribution in [1.82, 2.24) is 10.2 Å². The molecular weight excluding hydrogens is 268 g/mol. The molecule has 0 aromatic rings. The smallest absolute Gasteiger partial charge is 0.0627 e. The van der Waals surface area contributed by atoms with Crippen LogP contribution >= 0.6 is 0 Å². The van der Waals surface area contributed by atoms with Crippen LogP contribution in [0.15, 0.2) is 12.3 Å². The summed E-state index contributed by atoms with van der Waals surface area (Å²) in [5.74, 6) is 5.38. The molecule has 2 heterocycles. The molecule has 2 saturated heterocycles. The largest absolute Gasteiger partial charge is 0.371 e. The first-order chi connectivity index (χ1) is 10.5. The van der Waals surface area contributed by atoms with Crippen LogP contribution in [0.1, 0.15) is 53.4 Å². The molecule has 0 spiro atoms. The van der Waals surface area contributed by atoms with Crippen LogP contribution in [0.3, 0.4) is 0 Å². The topological polar surface area (TPSA) is 25.2 Å². The van der Waals surface area contributed by atoms with Crippen molar-refractivity contribution in [3.63, 3.8) is 0 Å². The molecular formula is C20H34N2. The van der Waals surface area contributed by atoms with Crippen LogP contribution < -0.4 is 5.32 Å². The zero-order valence-electron chi connectivity index (χ0n) is 14.9. The summed E-state index contributed by atoms with van der Waals surface area (Å²) in [6.45, 7) is 15.6. The van der Waals surface area contributed by atoms with Gasteiger partial charge in [-0.1, -0.05) is 34.3 Å². The van der Waals surface area contributed by atoms with E-state index in [0.717, 1.165) is 47.6 Å². The molecule has 0 aromatic heterocycles. The van der Waals surface area contributed by atoms with Crippen LogP contribution in [0.2, 0.25) is 0 Å². The summed E-state index contributed by atoms with van der Waals surface area (Å²) in [4.78, 5) is 2.72.